The summed E-state index contributed by atoms with van der Waals surface area (Å²) in [7, 11) is 0. The van der Waals surface area contributed by atoms with E-state index in [2.05, 4.69) is 20.9 Å². The van der Waals surface area contributed by atoms with Gasteiger partial charge in [0.25, 0.3) is 0 Å². The van der Waals surface area contributed by atoms with Gasteiger partial charge in [0.05, 0.1) is 10.0 Å². The molecule has 0 saturated carbocycles. The largest absolute Gasteiger partial charge is 0.478 e. The van der Waals surface area contributed by atoms with Crippen LogP contribution in [0, 0.1) is 5.82 Å². The number of carbonyl (C=O) groups excluding carboxylic acids is 1. The van der Waals surface area contributed by atoms with E-state index in [9.17, 15) is 19.1 Å². The minimum atomic E-state index is -1.10. The zero-order chi connectivity index (χ0) is 20.6. The first kappa shape index (κ1) is 20.3. The average Bonchev–Trinajstić information content (AvgIpc) is 2.60. The van der Waals surface area contributed by atoms with Gasteiger partial charge >= 0.3 is 11.9 Å². The third-order valence-electron chi connectivity index (χ3n) is 4.33. The van der Waals surface area contributed by atoms with Crippen LogP contribution in [0.15, 0.2) is 28.7 Å². The molecule has 2 heterocycles. The van der Waals surface area contributed by atoms with Crippen LogP contribution in [-0.2, 0) is 17.7 Å². The highest BCUT2D eigenvalue weighted by molar-refractivity contribution is 9.10. The van der Waals surface area contributed by atoms with E-state index in [4.69, 9.17) is 4.74 Å². The van der Waals surface area contributed by atoms with E-state index in [0.717, 1.165) is 0 Å². The number of aromatic carboxylic acids is 1. The lowest BCUT2D eigenvalue weighted by Crippen LogP contribution is -2.33. The van der Waals surface area contributed by atoms with Crippen molar-refractivity contribution in [3.8, 4) is 0 Å². The molecule has 1 N–H and O–H groups in total. The zero-order valence-corrected chi connectivity index (χ0v) is 17.3. The topological polar surface area (TPSA) is 79.7 Å². The predicted octanol–water partition coefficient (Wildman–Crippen LogP) is 4.20. The molecule has 1 aliphatic rings. The molecule has 0 saturated heterocycles. The summed E-state index contributed by atoms with van der Waals surface area (Å²) in [5.74, 6) is -1.57. The molecule has 0 unspecified atom stereocenters. The number of ether oxygens (including phenoxy) is 1. The van der Waals surface area contributed by atoms with Crippen LogP contribution in [0.1, 0.15) is 52.7 Å². The maximum atomic E-state index is 14.1. The number of esters is 1. The van der Waals surface area contributed by atoms with E-state index in [1.165, 1.54) is 12.1 Å². The first-order valence-corrected chi connectivity index (χ1v) is 9.54. The minimum Gasteiger partial charge on any atom is -0.478 e. The van der Waals surface area contributed by atoms with Crippen molar-refractivity contribution in [1.82, 2.24) is 4.98 Å². The number of hydrogen-bond acceptors (Lipinski definition) is 5. The SMILES string of the molecule is CC(C)(C)OC(=O)c1nc(N2CCc3c(F)ccc(C(=O)O)c3C2)ccc1Br. The number of carboxylic acids is 1. The Morgan fingerprint density at radius 2 is 1.93 bits per heavy atom. The highest BCUT2D eigenvalue weighted by Crippen LogP contribution is 2.29. The Bertz CT molecular complexity index is 956. The Kier molecular flexibility index (Phi) is 5.43. The number of pyridine rings is 1. The Morgan fingerprint density at radius 3 is 2.57 bits per heavy atom. The number of fused-ring (bicyclic) bond motifs is 1. The third-order valence-corrected chi connectivity index (χ3v) is 4.97. The summed E-state index contributed by atoms with van der Waals surface area (Å²) in [5.41, 5.74) is 0.399. The van der Waals surface area contributed by atoms with Crippen LogP contribution in [-0.4, -0.2) is 34.2 Å². The van der Waals surface area contributed by atoms with E-state index >= 15 is 0 Å². The Labute approximate surface area is 170 Å². The van der Waals surface area contributed by atoms with Crippen molar-refractivity contribution in [2.45, 2.75) is 39.3 Å². The monoisotopic (exact) mass is 450 g/mol. The molecule has 0 bridgehead atoms. The number of aromatic nitrogens is 1. The van der Waals surface area contributed by atoms with Crippen LogP contribution in [0.25, 0.3) is 0 Å². The van der Waals surface area contributed by atoms with Gasteiger partial charge in [0, 0.05) is 13.1 Å². The zero-order valence-electron chi connectivity index (χ0n) is 15.8. The van der Waals surface area contributed by atoms with Gasteiger partial charge in [-0.2, -0.15) is 0 Å². The van der Waals surface area contributed by atoms with E-state index < -0.39 is 23.4 Å². The van der Waals surface area contributed by atoms with Crippen molar-refractivity contribution in [2.24, 2.45) is 0 Å². The van der Waals surface area contributed by atoms with Gasteiger partial charge < -0.3 is 14.7 Å². The van der Waals surface area contributed by atoms with Crippen LogP contribution < -0.4 is 4.90 Å². The molecule has 1 aliphatic heterocycles. The van der Waals surface area contributed by atoms with Gasteiger partial charge in [-0.3, -0.25) is 0 Å². The lowest BCUT2D eigenvalue weighted by Gasteiger charge is -2.31. The number of rotatable bonds is 3. The van der Waals surface area contributed by atoms with Crippen molar-refractivity contribution in [2.75, 3.05) is 11.4 Å². The van der Waals surface area contributed by atoms with E-state index in [0.29, 0.717) is 34.4 Å². The first-order valence-electron chi connectivity index (χ1n) is 8.75. The second-order valence-corrected chi connectivity index (χ2v) is 8.38. The summed E-state index contributed by atoms with van der Waals surface area (Å²) >= 11 is 3.32. The number of benzene rings is 1. The van der Waals surface area contributed by atoms with E-state index in [1.807, 2.05) is 4.90 Å². The number of carboxylic acid groups (broad SMARTS) is 1. The van der Waals surface area contributed by atoms with Gasteiger partial charge in [0.1, 0.15) is 17.2 Å². The minimum absolute atomic E-state index is 0.0746. The summed E-state index contributed by atoms with van der Waals surface area (Å²) in [4.78, 5) is 30.2. The second-order valence-electron chi connectivity index (χ2n) is 7.53. The summed E-state index contributed by atoms with van der Waals surface area (Å²) in [6.07, 6.45) is 0.349. The van der Waals surface area contributed by atoms with Crippen molar-refractivity contribution in [3.05, 3.63) is 56.9 Å². The molecule has 3 rings (SSSR count). The van der Waals surface area contributed by atoms with Gasteiger partial charge in [-0.15, -0.1) is 0 Å². The summed E-state index contributed by atoms with van der Waals surface area (Å²) in [6, 6.07) is 5.89. The van der Waals surface area contributed by atoms with E-state index in [-0.39, 0.29) is 17.8 Å². The molecule has 1 aromatic carbocycles. The fourth-order valence-electron chi connectivity index (χ4n) is 3.11. The quantitative estimate of drug-likeness (QED) is 0.705. The number of nitrogens with zero attached hydrogens (tertiary/aromatic N) is 2. The Morgan fingerprint density at radius 1 is 1.21 bits per heavy atom. The molecule has 1 aromatic heterocycles. The van der Waals surface area contributed by atoms with Crippen molar-refractivity contribution < 1.29 is 23.8 Å². The molecule has 0 radical (unpaired) electrons. The van der Waals surface area contributed by atoms with Crippen LogP contribution >= 0.6 is 15.9 Å². The van der Waals surface area contributed by atoms with E-state index in [1.54, 1.807) is 32.9 Å². The molecular formula is C20H20BrFN2O4. The van der Waals surface area contributed by atoms with Gasteiger partial charge in [0.2, 0.25) is 0 Å². The summed E-state index contributed by atoms with van der Waals surface area (Å²) in [6.45, 7) is 5.96. The van der Waals surface area contributed by atoms with Crippen LogP contribution in [0.2, 0.25) is 0 Å². The molecule has 28 heavy (non-hydrogen) atoms. The standard InChI is InChI=1S/C20H20BrFN2O4/c1-20(2,3)28-19(27)17-14(21)5-7-16(23-17)24-9-8-11-13(10-24)12(18(25)26)4-6-15(11)22/h4-7H,8-10H2,1-3H3,(H,25,26). The fraction of sp³-hybridized carbons (Fsp3) is 0.350. The van der Waals surface area contributed by atoms with Gasteiger partial charge in [-0.25, -0.2) is 19.0 Å². The van der Waals surface area contributed by atoms with Gasteiger partial charge in [-0.1, -0.05) is 0 Å². The molecule has 2 aromatic rings. The highest BCUT2D eigenvalue weighted by Gasteiger charge is 2.27. The van der Waals surface area contributed by atoms with Crippen molar-refractivity contribution >= 4 is 33.7 Å². The number of hydrogen-bond donors (Lipinski definition) is 1. The molecule has 0 fully saturated rings. The smallest absolute Gasteiger partial charge is 0.358 e. The average molecular weight is 451 g/mol. The lowest BCUT2D eigenvalue weighted by molar-refractivity contribution is 0.00616. The Hall–Kier alpha value is -2.48. The normalized spacial score (nSPS) is 13.8. The molecular weight excluding hydrogens is 431 g/mol. The maximum Gasteiger partial charge on any atom is 0.358 e. The van der Waals surface area contributed by atoms with Crippen molar-refractivity contribution in [1.29, 1.82) is 0 Å². The molecule has 8 heteroatoms. The highest BCUT2D eigenvalue weighted by atomic mass is 79.9. The molecule has 6 nitrogen and oxygen atoms in total. The summed E-state index contributed by atoms with van der Waals surface area (Å²) < 4.78 is 20.0. The van der Waals surface area contributed by atoms with Crippen LogP contribution in [0.5, 0.6) is 0 Å². The number of anilines is 1. The maximum absolute atomic E-state index is 14.1. The molecule has 148 valence electrons. The third kappa shape index (κ3) is 4.16. The number of halogens is 2. The summed E-state index contributed by atoms with van der Waals surface area (Å²) in [5, 5.41) is 9.43. The fourth-order valence-corrected chi connectivity index (χ4v) is 3.49. The second kappa shape index (κ2) is 7.50. The van der Waals surface area contributed by atoms with Crippen LogP contribution in [0.3, 0.4) is 0 Å². The molecule has 0 aliphatic carbocycles. The predicted molar refractivity (Wildman–Crippen MR) is 105 cm³/mol. The van der Waals surface area contributed by atoms with Crippen LogP contribution in [0.4, 0.5) is 10.2 Å². The Balaban J connectivity index is 1.94. The van der Waals surface area contributed by atoms with Gasteiger partial charge in [-0.05, 0) is 78.5 Å². The number of carbonyl (C=O) groups is 2. The molecule has 0 spiro atoms. The molecule has 0 amide bonds. The van der Waals surface area contributed by atoms with Crippen molar-refractivity contribution in [3.63, 3.8) is 0 Å². The van der Waals surface area contributed by atoms with Gasteiger partial charge in [0.15, 0.2) is 5.69 Å². The molecule has 0 atom stereocenters. The first-order chi connectivity index (χ1) is 13.1. The lowest BCUT2D eigenvalue weighted by atomic mass is 9.94.